The van der Waals surface area contributed by atoms with Crippen LogP contribution in [-0.4, -0.2) is 52.3 Å². The molecule has 1 atom stereocenters. The summed E-state index contributed by atoms with van der Waals surface area (Å²) in [5.74, 6) is -1.10. The van der Waals surface area contributed by atoms with Gasteiger partial charge in [0.2, 0.25) is 0 Å². The molecule has 1 aliphatic rings. The first-order chi connectivity index (χ1) is 9.08. The van der Waals surface area contributed by atoms with E-state index in [2.05, 4.69) is 0 Å². The maximum atomic E-state index is 12.4. The van der Waals surface area contributed by atoms with Crippen molar-refractivity contribution in [2.75, 3.05) is 19.7 Å². The summed E-state index contributed by atoms with van der Waals surface area (Å²) in [6, 6.07) is 3.34. The Bertz CT molecular complexity index is 469. The average molecular weight is 266 g/mol. The Balaban J connectivity index is 2.14. The summed E-state index contributed by atoms with van der Waals surface area (Å²) in [5.41, 5.74) is 0.413. The van der Waals surface area contributed by atoms with Crippen LogP contribution in [0.2, 0.25) is 0 Å². The molecule has 0 aliphatic carbocycles. The number of aliphatic carboxylic acids is 1. The molecule has 104 valence electrons. The summed E-state index contributed by atoms with van der Waals surface area (Å²) in [4.78, 5) is 24.9. The zero-order chi connectivity index (χ0) is 13.8. The SMILES string of the molecule is CC1CN(C(=O)c2cccn2CC(=O)O)CCCO1. The number of carboxylic acid groups (broad SMARTS) is 1. The van der Waals surface area contributed by atoms with Gasteiger partial charge in [0, 0.05) is 25.9 Å². The topological polar surface area (TPSA) is 71.8 Å². The molecular formula is C13H18N2O4. The van der Waals surface area contributed by atoms with Crippen molar-refractivity contribution in [3.8, 4) is 0 Å². The fourth-order valence-corrected chi connectivity index (χ4v) is 2.23. The van der Waals surface area contributed by atoms with Crippen molar-refractivity contribution in [2.24, 2.45) is 0 Å². The summed E-state index contributed by atoms with van der Waals surface area (Å²) in [6.45, 7) is 3.56. The molecule has 2 rings (SSSR count). The van der Waals surface area contributed by atoms with Gasteiger partial charge in [-0.1, -0.05) is 0 Å². The first-order valence-corrected chi connectivity index (χ1v) is 6.35. The lowest BCUT2D eigenvalue weighted by Gasteiger charge is -2.22. The maximum absolute atomic E-state index is 12.4. The Labute approximate surface area is 111 Å². The van der Waals surface area contributed by atoms with E-state index in [1.54, 1.807) is 23.2 Å². The number of carbonyl (C=O) groups excluding carboxylic acids is 1. The van der Waals surface area contributed by atoms with Crippen LogP contribution in [0.3, 0.4) is 0 Å². The first-order valence-electron chi connectivity index (χ1n) is 6.35. The highest BCUT2D eigenvalue weighted by Crippen LogP contribution is 2.12. The van der Waals surface area contributed by atoms with Crippen LogP contribution in [0.1, 0.15) is 23.8 Å². The second-order valence-electron chi connectivity index (χ2n) is 4.70. The molecule has 1 saturated heterocycles. The molecule has 1 unspecified atom stereocenters. The van der Waals surface area contributed by atoms with Gasteiger partial charge in [0.1, 0.15) is 12.2 Å². The Morgan fingerprint density at radius 2 is 2.32 bits per heavy atom. The van der Waals surface area contributed by atoms with Crippen molar-refractivity contribution in [1.82, 2.24) is 9.47 Å². The van der Waals surface area contributed by atoms with Crippen molar-refractivity contribution in [3.63, 3.8) is 0 Å². The van der Waals surface area contributed by atoms with E-state index in [9.17, 15) is 9.59 Å². The van der Waals surface area contributed by atoms with Gasteiger partial charge >= 0.3 is 5.97 Å². The molecule has 0 saturated carbocycles. The van der Waals surface area contributed by atoms with Crippen LogP contribution in [0, 0.1) is 0 Å². The van der Waals surface area contributed by atoms with Crippen LogP contribution in [0.15, 0.2) is 18.3 Å². The van der Waals surface area contributed by atoms with E-state index in [4.69, 9.17) is 9.84 Å². The fraction of sp³-hybridized carbons (Fsp3) is 0.538. The molecule has 6 heteroatoms. The van der Waals surface area contributed by atoms with Gasteiger partial charge in [-0.25, -0.2) is 0 Å². The Hall–Kier alpha value is -1.82. The van der Waals surface area contributed by atoms with E-state index < -0.39 is 5.97 Å². The van der Waals surface area contributed by atoms with E-state index >= 15 is 0 Å². The lowest BCUT2D eigenvalue weighted by Crippen LogP contribution is -2.37. The van der Waals surface area contributed by atoms with Crippen LogP contribution in [0.5, 0.6) is 0 Å². The van der Waals surface area contributed by atoms with Crippen LogP contribution < -0.4 is 0 Å². The second kappa shape index (κ2) is 5.88. The number of rotatable bonds is 3. The van der Waals surface area contributed by atoms with Gasteiger partial charge in [0.15, 0.2) is 0 Å². The van der Waals surface area contributed by atoms with Crippen molar-refractivity contribution in [2.45, 2.75) is 26.0 Å². The van der Waals surface area contributed by atoms with E-state index in [-0.39, 0.29) is 18.6 Å². The van der Waals surface area contributed by atoms with Crippen LogP contribution >= 0.6 is 0 Å². The summed E-state index contributed by atoms with van der Waals surface area (Å²) in [5, 5.41) is 8.82. The summed E-state index contributed by atoms with van der Waals surface area (Å²) in [7, 11) is 0. The standard InChI is InChI=1S/C13H18N2O4/c1-10-8-15(6-3-7-19-10)13(18)11-4-2-5-14(11)9-12(16)17/h2,4-5,10H,3,6-9H2,1H3,(H,16,17). The molecule has 1 N–H and O–H groups in total. The zero-order valence-electron chi connectivity index (χ0n) is 10.9. The van der Waals surface area contributed by atoms with Gasteiger partial charge in [-0.2, -0.15) is 0 Å². The Morgan fingerprint density at radius 3 is 3.05 bits per heavy atom. The Kier molecular flexibility index (Phi) is 4.21. The van der Waals surface area contributed by atoms with Crippen LogP contribution in [-0.2, 0) is 16.1 Å². The minimum Gasteiger partial charge on any atom is -0.480 e. The molecular weight excluding hydrogens is 248 g/mol. The van der Waals surface area contributed by atoms with Gasteiger partial charge in [0.25, 0.3) is 5.91 Å². The summed E-state index contributed by atoms with van der Waals surface area (Å²) >= 11 is 0. The number of carboxylic acids is 1. The monoisotopic (exact) mass is 266 g/mol. The number of ether oxygens (including phenoxy) is 1. The van der Waals surface area contributed by atoms with Crippen molar-refractivity contribution in [3.05, 3.63) is 24.0 Å². The molecule has 19 heavy (non-hydrogen) atoms. The fourth-order valence-electron chi connectivity index (χ4n) is 2.23. The van der Waals surface area contributed by atoms with Gasteiger partial charge in [0.05, 0.1) is 6.10 Å². The lowest BCUT2D eigenvalue weighted by atomic mass is 10.3. The molecule has 0 radical (unpaired) electrons. The molecule has 1 aromatic heterocycles. The highest BCUT2D eigenvalue weighted by Gasteiger charge is 2.23. The maximum Gasteiger partial charge on any atom is 0.323 e. The van der Waals surface area contributed by atoms with Gasteiger partial charge in [-0.15, -0.1) is 0 Å². The Morgan fingerprint density at radius 1 is 1.53 bits per heavy atom. The van der Waals surface area contributed by atoms with E-state index in [1.807, 2.05) is 6.92 Å². The zero-order valence-corrected chi connectivity index (χ0v) is 10.9. The molecule has 1 fully saturated rings. The second-order valence-corrected chi connectivity index (χ2v) is 4.70. The van der Waals surface area contributed by atoms with Crippen LogP contribution in [0.4, 0.5) is 0 Å². The first kappa shape index (κ1) is 13.6. The molecule has 1 amide bonds. The number of amides is 1. The minimum absolute atomic E-state index is 0.00864. The van der Waals surface area contributed by atoms with E-state index in [1.165, 1.54) is 4.57 Å². The largest absolute Gasteiger partial charge is 0.480 e. The lowest BCUT2D eigenvalue weighted by molar-refractivity contribution is -0.137. The number of carbonyl (C=O) groups is 2. The molecule has 2 heterocycles. The minimum atomic E-state index is -0.960. The van der Waals surface area contributed by atoms with Crippen molar-refractivity contribution in [1.29, 1.82) is 0 Å². The molecule has 6 nitrogen and oxygen atoms in total. The van der Waals surface area contributed by atoms with Crippen LogP contribution in [0.25, 0.3) is 0 Å². The molecule has 0 aromatic carbocycles. The number of nitrogens with zero attached hydrogens (tertiary/aromatic N) is 2. The number of aromatic nitrogens is 1. The smallest absolute Gasteiger partial charge is 0.323 e. The number of hydrogen-bond donors (Lipinski definition) is 1. The molecule has 1 aromatic rings. The van der Waals surface area contributed by atoms with Gasteiger partial charge < -0.3 is 19.3 Å². The van der Waals surface area contributed by atoms with Gasteiger partial charge in [-0.3, -0.25) is 9.59 Å². The predicted octanol–water partition coefficient (Wildman–Crippen LogP) is 0.824. The van der Waals surface area contributed by atoms with Gasteiger partial charge in [-0.05, 0) is 25.5 Å². The molecule has 0 spiro atoms. The van der Waals surface area contributed by atoms with Crippen molar-refractivity contribution < 1.29 is 19.4 Å². The molecule has 1 aliphatic heterocycles. The third-order valence-corrected chi connectivity index (χ3v) is 3.09. The third kappa shape index (κ3) is 3.35. The highest BCUT2D eigenvalue weighted by atomic mass is 16.5. The van der Waals surface area contributed by atoms with E-state index in [0.717, 1.165) is 6.42 Å². The number of hydrogen-bond acceptors (Lipinski definition) is 3. The summed E-state index contributed by atoms with van der Waals surface area (Å²) < 4.78 is 6.96. The normalized spacial score (nSPS) is 20.1. The predicted molar refractivity (Wildman–Crippen MR) is 68.0 cm³/mol. The summed E-state index contributed by atoms with van der Waals surface area (Å²) in [6.07, 6.45) is 2.42. The van der Waals surface area contributed by atoms with E-state index in [0.29, 0.717) is 25.4 Å². The quantitative estimate of drug-likeness (QED) is 0.879. The average Bonchev–Trinajstić information content (AvgIpc) is 2.68. The third-order valence-electron chi connectivity index (χ3n) is 3.09. The van der Waals surface area contributed by atoms with Crippen molar-refractivity contribution >= 4 is 11.9 Å². The molecule has 0 bridgehead atoms. The highest BCUT2D eigenvalue weighted by molar-refractivity contribution is 5.93.